The Bertz CT molecular complexity index is 1350. The minimum absolute atomic E-state index is 0.113. The summed E-state index contributed by atoms with van der Waals surface area (Å²) in [5.41, 5.74) is 6.68. The average Bonchev–Trinajstić information content (AvgIpc) is 3.42. The predicted molar refractivity (Wildman–Crippen MR) is 144 cm³/mol. The molecule has 0 aliphatic carbocycles. The Balaban J connectivity index is 1.57. The first-order valence-electron chi connectivity index (χ1n) is 11.7. The zero-order valence-corrected chi connectivity index (χ0v) is 21.4. The Hall–Kier alpha value is -3.57. The molecular formula is C30H27BrN4. The molecule has 174 valence electrons. The van der Waals surface area contributed by atoms with E-state index >= 15 is 0 Å². The predicted octanol–water partition coefficient (Wildman–Crippen LogP) is 7.06. The van der Waals surface area contributed by atoms with Crippen molar-refractivity contribution in [2.24, 2.45) is 0 Å². The van der Waals surface area contributed by atoms with Crippen LogP contribution in [0.5, 0.6) is 0 Å². The smallest absolute Gasteiger partial charge is 0.166 e. The molecule has 5 heteroatoms. The third-order valence-corrected chi connectivity index (χ3v) is 7.22. The Morgan fingerprint density at radius 3 is 1.94 bits per heavy atom. The van der Waals surface area contributed by atoms with E-state index in [1.54, 1.807) is 0 Å². The van der Waals surface area contributed by atoms with Gasteiger partial charge < -0.3 is 0 Å². The van der Waals surface area contributed by atoms with Crippen LogP contribution < -0.4 is 0 Å². The standard InChI is InChI=1S/C30H27BrN4/c1-30(2,26-18-16-22(21-31)17-19-26)29-32-33-34-35(29)27-15-9-14-25(20-27)28(23-10-5-3-6-11-23)24-12-7-4-8-13-24/h3-20,28H,21H2,1-2H3. The van der Waals surface area contributed by atoms with E-state index in [9.17, 15) is 0 Å². The van der Waals surface area contributed by atoms with Gasteiger partial charge in [0, 0.05) is 11.2 Å². The van der Waals surface area contributed by atoms with E-state index in [4.69, 9.17) is 0 Å². The minimum atomic E-state index is -0.372. The molecule has 0 saturated heterocycles. The molecule has 0 radical (unpaired) electrons. The van der Waals surface area contributed by atoms with Crippen molar-refractivity contribution >= 4 is 15.9 Å². The first kappa shape index (κ1) is 23.2. The summed E-state index contributed by atoms with van der Waals surface area (Å²) in [5.74, 6) is 0.916. The molecule has 0 spiro atoms. The molecule has 0 amide bonds. The van der Waals surface area contributed by atoms with Crippen LogP contribution in [0.25, 0.3) is 5.69 Å². The zero-order chi connectivity index (χ0) is 24.3. The maximum absolute atomic E-state index is 4.47. The lowest BCUT2D eigenvalue weighted by atomic mass is 9.83. The highest BCUT2D eigenvalue weighted by atomic mass is 79.9. The molecule has 5 aromatic rings. The maximum atomic E-state index is 4.47. The molecule has 35 heavy (non-hydrogen) atoms. The monoisotopic (exact) mass is 522 g/mol. The highest BCUT2D eigenvalue weighted by Crippen LogP contribution is 2.34. The average molecular weight is 523 g/mol. The first-order valence-corrected chi connectivity index (χ1v) is 12.8. The second-order valence-corrected chi connectivity index (χ2v) is 9.78. The third kappa shape index (κ3) is 4.69. The summed E-state index contributed by atoms with van der Waals surface area (Å²) in [5, 5.41) is 13.8. The molecule has 0 N–H and O–H groups in total. The molecular weight excluding hydrogens is 496 g/mol. The summed E-state index contributed by atoms with van der Waals surface area (Å²) >= 11 is 3.53. The van der Waals surface area contributed by atoms with Crippen LogP contribution in [0.1, 0.15) is 53.4 Å². The molecule has 0 aliphatic heterocycles. The second-order valence-electron chi connectivity index (χ2n) is 9.22. The van der Waals surface area contributed by atoms with Gasteiger partial charge in [-0.05, 0) is 64.2 Å². The van der Waals surface area contributed by atoms with Gasteiger partial charge in [0.1, 0.15) is 0 Å². The number of nitrogens with zero attached hydrogens (tertiary/aromatic N) is 4. The summed E-state index contributed by atoms with van der Waals surface area (Å²) in [4.78, 5) is 0. The van der Waals surface area contributed by atoms with E-state index in [0.717, 1.165) is 16.8 Å². The van der Waals surface area contributed by atoms with Crippen LogP contribution in [0.15, 0.2) is 109 Å². The number of benzene rings is 4. The van der Waals surface area contributed by atoms with Crippen LogP contribution in [-0.2, 0) is 10.7 Å². The zero-order valence-electron chi connectivity index (χ0n) is 19.8. The highest BCUT2D eigenvalue weighted by Gasteiger charge is 2.30. The molecule has 0 unspecified atom stereocenters. The van der Waals surface area contributed by atoms with Gasteiger partial charge in [0.15, 0.2) is 5.82 Å². The molecule has 4 aromatic carbocycles. The number of aromatic nitrogens is 4. The molecule has 5 rings (SSSR count). The number of rotatable bonds is 7. The largest absolute Gasteiger partial charge is 0.196 e. The van der Waals surface area contributed by atoms with E-state index in [-0.39, 0.29) is 11.3 Å². The molecule has 0 saturated carbocycles. The number of halogens is 1. The van der Waals surface area contributed by atoms with Crippen LogP contribution in [-0.4, -0.2) is 20.2 Å². The lowest BCUT2D eigenvalue weighted by Gasteiger charge is -2.25. The van der Waals surface area contributed by atoms with Gasteiger partial charge in [-0.25, -0.2) is 0 Å². The number of hydrogen-bond acceptors (Lipinski definition) is 3. The van der Waals surface area contributed by atoms with Crippen molar-refractivity contribution in [3.05, 3.63) is 143 Å². The van der Waals surface area contributed by atoms with Gasteiger partial charge in [-0.15, -0.1) is 5.10 Å². The maximum Gasteiger partial charge on any atom is 0.166 e. The van der Waals surface area contributed by atoms with Crippen molar-refractivity contribution in [1.82, 2.24) is 20.2 Å². The molecule has 0 atom stereocenters. The fourth-order valence-corrected chi connectivity index (χ4v) is 4.97. The Kier molecular flexibility index (Phi) is 6.60. The second kappa shape index (κ2) is 9.96. The van der Waals surface area contributed by atoms with Gasteiger partial charge in [0.05, 0.1) is 11.1 Å². The molecule has 0 fully saturated rings. The molecule has 0 bridgehead atoms. The van der Waals surface area contributed by atoms with Gasteiger partial charge in [0.25, 0.3) is 0 Å². The molecule has 4 nitrogen and oxygen atoms in total. The summed E-state index contributed by atoms with van der Waals surface area (Å²) < 4.78 is 1.87. The van der Waals surface area contributed by atoms with Crippen LogP contribution >= 0.6 is 15.9 Å². The fraction of sp³-hybridized carbons (Fsp3) is 0.167. The van der Waals surface area contributed by atoms with E-state index < -0.39 is 0 Å². The van der Waals surface area contributed by atoms with E-state index in [0.29, 0.717) is 0 Å². The molecule has 1 heterocycles. The lowest BCUT2D eigenvalue weighted by Crippen LogP contribution is -2.24. The van der Waals surface area contributed by atoms with Gasteiger partial charge in [-0.2, -0.15) is 4.68 Å². The fourth-order valence-electron chi connectivity index (χ4n) is 4.59. The lowest BCUT2D eigenvalue weighted by molar-refractivity contribution is 0.566. The Labute approximate surface area is 214 Å². The van der Waals surface area contributed by atoms with Crippen molar-refractivity contribution in [2.75, 3.05) is 0 Å². The van der Waals surface area contributed by atoms with Crippen molar-refractivity contribution in [3.8, 4) is 5.69 Å². The SMILES string of the molecule is CC(C)(c1ccc(CBr)cc1)c1nnnn1-c1cccc(C(c2ccccc2)c2ccccc2)c1. The van der Waals surface area contributed by atoms with E-state index in [1.165, 1.54) is 27.8 Å². The van der Waals surface area contributed by atoms with Crippen molar-refractivity contribution in [1.29, 1.82) is 0 Å². The summed E-state index contributed by atoms with van der Waals surface area (Å²) in [6.45, 7) is 4.33. The van der Waals surface area contributed by atoms with Gasteiger partial charge >= 0.3 is 0 Å². The van der Waals surface area contributed by atoms with Crippen LogP contribution in [0.2, 0.25) is 0 Å². The Morgan fingerprint density at radius 2 is 1.34 bits per heavy atom. The number of hydrogen-bond donors (Lipinski definition) is 0. The van der Waals surface area contributed by atoms with Crippen LogP contribution in [0.3, 0.4) is 0 Å². The molecule has 1 aromatic heterocycles. The topological polar surface area (TPSA) is 43.6 Å². The van der Waals surface area contributed by atoms with E-state index in [1.807, 2.05) is 4.68 Å². The van der Waals surface area contributed by atoms with Crippen LogP contribution in [0.4, 0.5) is 0 Å². The summed E-state index contributed by atoms with van der Waals surface area (Å²) in [6.07, 6.45) is 0. The van der Waals surface area contributed by atoms with Gasteiger partial charge in [-0.1, -0.05) is 113 Å². The normalized spacial score (nSPS) is 11.7. The van der Waals surface area contributed by atoms with Crippen molar-refractivity contribution in [3.63, 3.8) is 0 Å². The number of alkyl halides is 1. The van der Waals surface area contributed by atoms with Gasteiger partial charge in [-0.3, -0.25) is 0 Å². The van der Waals surface area contributed by atoms with Gasteiger partial charge in [0.2, 0.25) is 0 Å². The van der Waals surface area contributed by atoms with Crippen molar-refractivity contribution < 1.29 is 0 Å². The quantitative estimate of drug-likeness (QED) is 0.169. The molecule has 0 aliphatic rings. The minimum Gasteiger partial charge on any atom is -0.196 e. The first-order chi connectivity index (χ1) is 17.1. The highest BCUT2D eigenvalue weighted by molar-refractivity contribution is 9.08. The third-order valence-electron chi connectivity index (χ3n) is 6.57. The summed E-state index contributed by atoms with van der Waals surface area (Å²) in [6, 6.07) is 38.4. The summed E-state index contributed by atoms with van der Waals surface area (Å²) in [7, 11) is 0. The van der Waals surface area contributed by atoms with Crippen molar-refractivity contribution in [2.45, 2.75) is 30.5 Å². The Morgan fingerprint density at radius 1 is 0.743 bits per heavy atom. The number of tetrazole rings is 1. The van der Waals surface area contributed by atoms with E-state index in [2.05, 4.69) is 154 Å². The van der Waals surface area contributed by atoms with Crippen LogP contribution in [0, 0.1) is 0 Å².